The topological polar surface area (TPSA) is 41.0 Å². The Labute approximate surface area is 115 Å². The van der Waals surface area contributed by atoms with Gasteiger partial charge in [-0.1, -0.05) is 0 Å². The molecule has 1 aromatic heterocycles. The van der Waals surface area contributed by atoms with Gasteiger partial charge < -0.3 is 10.2 Å². The van der Waals surface area contributed by atoms with Gasteiger partial charge in [0.15, 0.2) is 5.69 Å². The summed E-state index contributed by atoms with van der Waals surface area (Å²) in [5.41, 5.74) is -0.953. The van der Waals surface area contributed by atoms with E-state index in [1.165, 1.54) is 12.6 Å². The summed E-state index contributed by atoms with van der Waals surface area (Å²) in [6, 6.07) is 0.683. The molecule has 3 aliphatic rings. The monoisotopic (exact) mass is 286 g/mol. The van der Waals surface area contributed by atoms with Gasteiger partial charge in [0.25, 0.3) is 0 Å². The van der Waals surface area contributed by atoms with Crippen LogP contribution in [0.5, 0.6) is 0 Å². The van der Waals surface area contributed by atoms with Crippen LogP contribution < -0.4 is 5.32 Å². The summed E-state index contributed by atoms with van der Waals surface area (Å²) in [6.07, 6.45) is 0.949. The molecule has 0 radical (unpaired) electrons. The maximum absolute atomic E-state index is 12.4. The van der Waals surface area contributed by atoms with Crippen molar-refractivity contribution in [1.29, 1.82) is 0 Å². The first-order valence-electron chi connectivity index (χ1n) is 6.79. The first-order chi connectivity index (χ1) is 9.43. The summed E-state index contributed by atoms with van der Waals surface area (Å²) in [6.45, 7) is 1.11. The average Bonchev–Trinajstić information content (AvgIpc) is 2.38. The molecule has 2 aliphatic heterocycles. The van der Waals surface area contributed by atoms with Crippen molar-refractivity contribution in [2.24, 2.45) is 5.92 Å². The van der Waals surface area contributed by atoms with Gasteiger partial charge in [0.1, 0.15) is 5.82 Å². The number of anilines is 1. The van der Waals surface area contributed by atoms with Crippen molar-refractivity contribution in [2.45, 2.75) is 37.5 Å². The molecule has 3 unspecified atom stereocenters. The Bertz CT molecular complexity index is 473. The second-order valence-corrected chi connectivity index (χ2v) is 5.72. The number of piperidine rings is 2. The lowest BCUT2D eigenvalue weighted by atomic mass is 9.77. The highest BCUT2D eigenvalue weighted by Crippen LogP contribution is 2.35. The fourth-order valence-corrected chi connectivity index (χ4v) is 3.37. The molecule has 20 heavy (non-hydrogen) atoms. The van der Waals surface area contributed by atoms with Crippen LogP contribution >= 0.6 is 0 Å². The molecule has 4 nitrogen and oxygen atoms in total. The molecular weight excluding hydrogens is 269 g/mol. The lowest BCUT2D eigenvalue weighted by Crippen LogP contribution is -2.56. The van der Waals surface area contributed by atoms with E-state index in [2.05, 4.69) is 27.2 Å². The number of hydrogen-bond donors (Lipinski definition) is 1. The molecule has 0 spiro atoms. The van der Waals surface area contributed by atoms with Gasteiger partial charge in [0.2, 0.25) is 0 Å². The maximum atomic E-state index is 12.4. The number of halogens is 3. The van der Waals surface area contributed by atoms with Crippen molar-refractivity contribution in [1.82, 2.24) is 14.9 Å². The minimum absolute atomic E-state index is 0.249. The van der Waals surface area contributed by atoms with Gasteiger partial charge in [-0.25, -0.2) is 9.97 Å². The molecule has 1 saturated carbocycles. The average molecular weight is 286 g/mol. The summed E-state index contributed by atoms with van der Waals surface area (Å²) in [4.78, 5) is 9.59. The fourth-order valence-electron chi connectivity index (χ4n) is 3.37. The molecule has 1 aliphatic carbocycles. The highest BCUT2D eigenvalue weighted by atomic mass is 19.4. The highest BCUT2D eigenvalue weighted by Gasteiger charge is 2.39. The van der Waals surface area contributed by atoms with E-state index >= 15 is 0 Å². The third-order valence-electron chi connectivity index (χ3n) is 4.31. The lowest BCUT2D eigenvalue weighted by Gasteiger charge is -2.48. The molecule has 4 rings (SSSR count). The number of nitrogens with zero attached hydrogens (tertiary/aromatic N) is 3. The summed E-state index contributed by atoms with van der Waals surface area (Å²) in [7, 11) is 2.10. The Morgan fingerprint density at radius 3 is 2.60 bits per heavy atom. The molecule has 3 heterocycles. The summed E-state index contributed by atoms with van der Waals surface area (Å²) in [5.74, 6) is 1.09. The number of rotatable bonds is 2. The summed E-state index contributed by atoms with van der Waals surface area (Å²) < 4.78 is 37.3. The predicted molar refractivity (Wildman–Crippen MR) is 68.2 cm³/mol. The Morgan fingerprint density at radius 2 is 2.05 bits per heavy atom. The second-order valence-electron chi connectivity index (χ2n) is 5.72. The Morgan fingerprint density at radius 1 is 1.25 bits per heavy atom. The first-order valence-corrected chi connectivity index (χ1v) is 6.79. The van der Waals surface area contributed by atoms with E-state index in [1.54, 1.807) is 0 Å². The van der Waals surface area contributed by atoms with Gasteiger partial charge >= 0.3 is 6.18 Å². The zero-order valence-electron chi connectivity index (χ0n) is 11.2. The summed E-state index contributed by atoms with van der Waals surface area (Å²) >= 11 is 0. The minimum atomic E-state index is -4.43. The number of hydrogen-bond acceptors (Lipinski definition) is 4. The number of nitrogens with one attached hydrogen (secondary N) is 1. The van der Waals surface area contributed by atoms with Crippen LogP contribution in [0.15, 0.2) is 12.4 Å². The van der Waals surface area contributed by atoms with Crippen LogP contribution in [-0.2, 0) is 6.18 Å². The van der Waals surface area contributed by atoms with Crippen LogP contribution in [0.4, 0.5) is 19.0 Å². The molecule has 7 heteroatoms. The zero-order chi connectivity index (χ0) is 14.3. The quantitative estimate of drug-likeness (QED) is 0.906. The van der Waals surface area contributed by atoms with E-state index in [0.717, 1.165) is 25.6 Å². The third-order valence-corrected chi connectivity index (χ3v) is 4.31. The number of aromatic nitrogens is 2. The van der Waals surface area contributed by atoms with Crippen LogP contribution in [0, 0.1) is 5.92 Å². The van der Waals surface area contributed by atoms with Crippen molar-refractivity contribution in [3.05, 3.63) is 18.1 Å². The van der Waals surface area contributed by atoms with E-state index in [1.807, 2.05) is 0 Å². The predicted octanol–water partition coefficient (Wildman–Crippen LogP) is 2.39. The third kappa shape index (κ3) is 2.59. The Kier molecular flexibility index (Phi) is 3.32. The van der Waals surface area contributed by atoms with E-state index < -0.39 is 11.9 Å². The van der Waals surface area contributed by atoms with E-state index in [4.69, 9.17) is 0 Å². The summed E-state index contributed by atoms with van der Waals surface area (Å²) in [5, 5.41) is 3.24. The standard InChI is InChI=1S/C13H17F3N4/c1-20-7-8-2-3-10(20)9(4-8)19-12-6-17-11(5-18-12)13(14,15)16/h5-6,8-10H,2-4,7H2,1H3,(H,18,19). The molecule has 3 fully saturated rings. The number of fused-ring (bicyclic) bond motifs is 3. The normalized spacial score (nSPS) is 30.5. The number of alkyl halides is 3. The second kappa shape index (κ2) is 4.87. The molecule has 1 aromatic rings. The largest absolute Gasteiger partial charge is 0.434 e. The van der Waals surface area contributed by atoms with E-state index in [0.29, 0.717) is 17.8 Å². The zero-order valence-corrected chi connectivity index (χ0v) is 11.2. The van der Waals surface area contributed by atoms with Crippen molar-refractivity contribution in [2.75, 3.05) is 18.9 Å². The highest BCUT2D eigenvalue weighted by molar-refractivity contribution is 5.34. The van der Waals surface area contributed by atoms with Gasteiger partial charge in [-0.3, -0.25) is 0 Å². The van der Waals surface area contributed by atoms with Crippen molar-refractivity contribution in [3.8, 4) is 0 Å². The van der Waals surface area contributed by atoms with E-state index in [-0.39, 0.29) is 6.04 Å². The van der Waals surface area contributed by atoms with Gasteiger partial charge in [-0.05, 0) is 32.2 Å². The molecule has 3 atom stereocenters. The van der Waals surface area contributed by atoms with Gasteiger partial charge in [0, 0.05) is 18.6 Å². The van der Waals surface area contributed by atoms with Crippen LogP contribution in [-0.4, -0.2) is 40.5 Å². The lowest BCUT2D eigenvalue weighted by molar-refractivity contribution is -0.141. The van der Waals surface area contributed by atoms with Crippen LogP contribution in [0.25, 0.3) is 0 Å². The van der Waals surface area contributed by atoms with Gasteiger partial charge in [-0.2, -0.15) is 13.2 Å². The SMILES string of the molecule is CN1CC2CCC1C(Nc1cnc(C(F)(F)F)cn1)C2. The minimum Gasteiger partial charge on any atom is -0.364 e. The fraction of sp³-hybridized carbons (Fsp3) is 0.692. The smallest absolute Gasteiger partial charge is 0.364 e. The Balaban J connectivity index is 1.69. The van der Waals surface area contributed by atoms with Gasteiger partial charge in [-0.15, -0.1) is 0 Å². The van der Waals surface area contributed by atoms with Crippen LogP contribution in [0.1, 0.15) is 25.0 Å². The van der Waals surface area contributed by atoms with E-state index in [9.17, 15) is 13.2 Å². The van der Waals surface area contributed by atoms with Crippen molar-refractivity contribution < 1.29 is 13.2 Å². The number of likely N-dealkylation sites (N-methyl/N-ethyl adjacent to an activating group) is 1. The molecule has 110 valence electrons. The van der Waals surface area contributed by atoms with Crippen molar-refractivity contribution in [3.63, 3.8) is 0 Å². The van der Waals surface area contributed by atoms with Gasteiger partial charge in [0.05, 0.1) is 12.4 Å². The molecule has 0 amide bonds. The molecule has 2 saturated heterocycles. The molecule has 2 bridgehead atoms. The van der Waals surface area contributed by atoms with Crippen LogP contribution in [0.2, 0.25) is 0 Å². The first kappa shape index (κ1) is 13.6. The molecule has 0 aromatic carbocycles. The molecular formula is C13H17F3N4. The Hall–Kier alpha value is -1.37. The van der Waals surface area contributed by atoms with Crippen molar-refractivity contribution >= 4 is 5.82 Å². The maximum Gasteiger partial charge on any atom is 0.434 e. The van der Waals surface area contributed by atoms with Crippen LogP contribution in [0.3, 0.4) is 0 Å². The molecule has 1 N–H and O–H groups in total.